The van der Waals surface area contributed by atoms with Gasteiger partial charge in [-0.1, -0.05) is 35.9 Å². The molecular formula is C23H19FN2O2S. The summed E-state index contributed by atoms with van der Waals surface area (Å²) >= 11 is 1.58. The Morgan fingerprint density at radius 1 is 1.07 bits per heavy atom. The van der Waals surface area contributed by atoms with Gasteiger partial charge in [-0.05, 0) is 55.0 Å². The van der Waals surface area contributed by atoms with Crippen molar-refractivity contribution < 1.29 is 14.0 Å². The number of amides is 2. The van der Waals surface area contributed by atoms with Crippen molar-refractivity contribution >= 4 is 35.0 Å². The molecule has 0 unspecified atom stereocenters. The Bertz CT molecular complexity index is 1050. The van der Waals surface area contributed by atoms with E-state index in [0.717, 1.165) is 16.8 Å². The van der Waals surface area contributed by atoms with Crippen LogP contribution < -0.4 is 10.2 Å². The van der Waals surface area contributed by atoms with E-state index >= 15 is 0 Å². The average molecular weight is 406 g/mol. The molecule has 3 aromatic carbocycles. The van der Waals surface area contributed by atoms with Gasteiger partial charge in [0.05, 0.1) is 5.75 Å². The first kappa shape index (κ1) is 19.2. The first-order chi connectivity index (χ1) is 14.0. The lowest BCUT2D eigenvalue weighted by Crippen LogP contribution is -2.27. The monoisotopic (exact) mass is 406 g/mol. The van der Waals surface area contributed by atoms with E-state index in [1.54, 1.807) is 30.0 Å². The third kappa shape index (κ3) is 4.17. The zero-order valence-corrected chi connectivity index (χ0v) is 16.6. The summed E-state index contributed by atoms with van der Waals surface area (Å²) in [6.07, 6.45) is 0. The molecule has 0 aliphatic carbocycles. The van der Waals surface area contributed by atoms with Gasteiger partial charge < -0.3 is 5.32 Å². The lowest BCUT2D eigenvalue weighted by atomic mass is 10.1. The minimum Gasteiger partial charge on any atom is -0.322 e. The summed E-state index contributed by atoms with van der Waals surface area (Å²) in [4.78, 5) is 26.5. The summed E-state index contributed by atoms with van der Waals surface area (Å²) in [6.45, 7) is 2.01. The van der Waals surface area contributed by atoms with Crippen LogP contribution in [0.15, 0.2) is 72.8 Å². The number of thioether (sulfide) groups is 1. The molecule has 146 valence electrons. The van der Waals surface area contributed by atoms with E-state index in [9.17, 15) is 14.0 Å². The molecule has 3 aromatic rings. The summed E-state index contributed by atoms with van der Waals surface area (Å²) in [7, 11) is 0. The Morgan fingerprint density at radius 2 is 1.79 bits per heavy atom. The summed E-state index contributed by atoms with van der Waals surface area (Å²) < 4.78 is 13.3. The van der Waals surface area contributed by atoms with Crippen molar-refractivity contribution in [1.82, 2.24) is 0 Å². The molecule has 0 bridgehead atoms. The first-order valence-corrected chi connectivity index (χ1v) is 10.2. The average Bonchev–Trinajstić information content (AvgIpc) is 3.10. The molecule has 2 amide bonds. The van der Waals surface area contributed by atoms with Crippen LogP contribution in [0.3, 0.4) is 0 Å². The smallest absolute Gasteiger partial charge is 0.255 e. The lowest BCUT2D eigenvalue weighted by molar-refractivity contribution is -0.115. The van der Waals surface area contributed by atoms with Crippen LogP contribution in [0.25, 0.3) is 0 Å². The first-order valence-electron chi connectivity index (χ1n) is 9.18. The summed E-state index contributed by atoms with van der Waals surface area (Å²) in [6, 6.07) is 20.9. The molecule has 1 heterocycles. The van der Waals surface area contributed by atoms with Gasteiger partial charge in [0.2, 0.25) is 5.91 Å². The van der Waals surface area contributed by atoms with Gasteiger partial charge in [0.1, 0.15) is 11.2 Å². The quantitative estimate of drug-likeness (QED) is 0.651. The second-order valence-corrected chi connectivity index (χ2v) is 7.92. The van der Waals surface area contributed by atoms with Crippen molar-refractivity contribution in [3.63, 3.8) is 0 Å². The number of aryl methyl sites for hydroxylation is 1. The Balaban J connectivity index is 1.51. The summed E-state index contributed by atoms with van der Waals surface area (Å²) in [5.74, 6) is -0.320. The van der Waals surface area contributed by atoms with Crippen molar-refractivity contribution in [2.45, 2.75) is 12.3 Å². The van der Waals surface area contributed by atoms with Gasteiger partial charge in [-0.25, -0.2) is 4.39 Å². The fourth-order valence-corrected chi connectivity index (χ4v) is 4.40. The molecule has 6 heteroatoms. The highest BCUT2D eigenvalue weighted by molar-refractivity contribution is 8.00. The van der Waals surface area contributed by atoms with Gasteiger partial charge in [0.15, 0.2) is 0 Å². The Hall–Kier alpha value is -3.12. The van der Waals surface area contributed by atoms with Crippen molar-refractivity contribution in [3.8, 4) is 0 Å². The van der Waals surface area contributed by atoms with Crippen molar-refractivity contribution in [2.75, 3.05) is 16.0 Å². The fourth-order valence-electron chi connectivity index (χ4n) is 3.22. The van der Waals surface area contributed by atoms with E-state index in [0.29, 0.717) is 11.4 Å². The van der Waals surface area contributed by atoms with Crippen molar-refractivity contribution in [3.05, 3.63) is 95.3 Å². The maximum atomic E-state index is 13.3. The Kier molecular flexibility index (Phi) is 5.36. The molecule has 1 aliphatic rings. The van der Waals surface area contributed by atoms with Gasteiger partial charge in [-0.2, -0.15) is 0 Å². The summed E-state index contributed by atoms with van der Waals surface area (Å²) in [5.41, 5.74) is 3.86. The van der Waals surface area contributed by atoms with E-state index in [4.69, 9.17) is 0 Å². The topological polar surface area (TPSA) is 49.4 Å². The van der Waals surface area contributed by atoms with Gasteiger partial charge in [-0.15, -0.1) is 11.8 Å². The van der Waals surface area contributed by atoms with Crippen molar-refractivity contribution in [2.24, 2.45) is 0 Å². The number of benzene rings is 3. The van der Waals surface area contributed by atoms with Crippen LogP contribution in [0.4, 0.5) is 15.8 Å². The molecule has 1 aliphatic heterocycles. The number of nitrogens with one attached hydrogen (secondary N) is 1. The third-order valence-electron chi connectivity index (χ3n) is 4.72. The number of rotatable bonds is 4. The van der Waals surface area contributed by atoms with Crippen LogP contribution in [0.5, 0.6) is 0 Å². The number of nitrogens with zero attached hydrogens (tertiary/aromatic N) is 1. The molecular weight excluding hydrogens is 387 g/mol. The zero-order valence-electron chi connectivity index (χ0n) is 15.8. The highest BCUT2D eigenvalue weighted by Gasteiger charge is 2.33. The molecule has 1 saturated heterocycles. The number of hydrogen-bond donors (Lipinski definition) is 1. The van der Waals surface area contributed by atoms with Crippen LogP contribution in [0.2, 0.25) is 0 Å². The molecule has 1 atom stereocenters. The van der Waals surface area contributed by atoms with Crippen molar-refractivity contribution in [1.29, 1.82) is 0 Å². The standard InChI is InChI=1S/C23H19FN2O2S/c1-15-5-11-20(12-6-15)26-21(27)14-29-23(26)16-7-9-19(10-8-16)25-22(28)17-3-2-4-18(24)13-17/h2-13,23H,14H2,1H3,(H,25,28)/t23-/m1/s1. The Labute approximate surface area is 172 Å². The largest absolute Gasteiger partial charge is 0.322 e. The normalized spacial score (nSPS) is 16.1. The highest BCUT2D eigenvalue weighted by Crippen LogP contribution is 2.41. The van der Waals surface area contributed by atoms with Crippen LogP contribution in [-0.4, -0.2) is 17.6 Å². The van der Waals surface area contributed by atoms with Gasteiger partial charge in [0, 0.05) is 16.9 Å². The number of carbonyl (C=O) groups excluding carboxylic acids is 2. The maximum absolute atomic E-state index is 13.3. The van der Waals surface area contributed by atoms with Crippen LogP contribution in [-0.2, 0) is 4.79 Å². The molecule has 0 aromatic heterocycles. The molecule has 0 saturated carbocycles. The second-order valence-electron chi connectivity index (χ2n) is 6.85. The molecule has 4 rings (SSSR count). The predicted molar refractivity (Wildman–Crippen MR) is 115 cm³/mol. The third-order valence-corrected chi connectivity index (χ3v) is 5.93. The van der Waals surface area contributed by atoms with Crippen LogP contribution in [0, 0.1) is 12.7 Å². The Morgan fingerprint density at radius 3 is 2.48 bits per heavy atom. The van der Waals surface area contributed by atoms with Gasteiger partial charge >= 0.3 is 0 Å². The van der Waals surface area contributed by atoms with E-state index in [-0.39, 0.29) is 22.8 Å². The molecule has 1 fully saturated rings. The number of halogens is 1. The lowest BCUT2D eigenvalue weighted by Gasteiger charge is -2.24. The summed E-state index contributed by atoms with van der Waals surface area (Å²) in [5, 5.41) is 2.66. The maximum Gasteiger partial charge on any atom is 0.255 e. The van der Waals surface area contributed by atoms with Crippen LogP contribution >= 0.6 is 11.8 Å². The number of anilines is 2. The molecule has 0 radical (unpaired) electrons. The molecule has 0 spiro atoms. The van der Waals surface area contributed by atoms with E-state index < -0.39 is 5.82 Å². The highest BCUT2D eigenvalue weighted by atomic mass is 32.2. The molecule has 4 nitrogen and oxygen atoms in total. The SMILES string of the molecule is Cc1ccc(N2C(=O)CS[C@@H]2c2ccc(NC(=O)c3cccc(F)c3)cc2)cc1. The number of hydrogen-bond acceptors (Lipinski definition) is 3. The fraction of sp³-hybridized carbons (Fsp3) is 0.130. The van der Waals surface area contributed by atoms with E-state index in [1.165, 1.54) is 18.2 Å². The minimum atomic E-state index is -0.452. The minimum absolute atomic E-state index is 0.0762. The zero-order chi connectivity index (χ0) is 20.4. The van der Waals surface area contributed by atoms with E-state index in [2.05, 4.69) is 5.32 Å². The van der Waals surface area contributed by atoms with E-state index in [1.807, 2.05) is 48.2 Å². The van der Waals surface area contributed by atoms with Gasteiger partial charge in [-0.3, -0.25) is 14.5 Å². The van der Waals surface area contributed by atoms with Gasteiger partial charge in [0.25, 0.3) is 5.91 Å². The molecule has 29 heavy (non-hydrogen) atoms. The number of carbonyl (C=O) groups is 2. The van der Waals surface area contributed by atoms with Crippen LogP contribution in [0.1, 0.15) is 26.9 Å². The molecule has 1 N–H and O–H groups in total. The predicted octanol–water partition coefficient (Wildman–Crippen LogP) is 5.17. The second kappa shape index (κ2) is 8.09.